The molecule has 6 N–H and O–H groups in total. The van der Waals surface area contributed by atoms with Crippen LogP contribution >= 0.6 is 22.3 Å². The number of carboxylic acid groups (broad SMARTS) is 1. The smallest absolute Gasteiger partial charge is 0.303 e. The second-order valence-corrected chi connectivity index (χ2v) is 8.77. The Bertz CT molecular complexity index is 540. The van der Waals surface area contributed by atoms with Gasteiger partial charge in [0.25, 0.3) is 0 Å². The topological polar surface area (TPSA) is 125 Å². The van der Waals surface area contributed by atoms with Crippen molar-refractivity contribution in [2.24, 2.45) is 0 Å². The molecule has 1 saturated heterocycles. The molecular formula is C14H25N3O5S2. The number of carboxylic acids is 1. The maximum atomic E-state index is 10.4. The van der Waals surface area contributed by atoms with Crippen LogP contribution in [-0.2, 0) is 17.9 Å². The summed E-state index contributed by atoms with van der Waals surface area (Å²) in [6, 6.07) is 3.96. The largest absolute Gasteiger partial charge is 0.481 e. The summed E-state index contributed by atoms with van der Waals surface area (Å²) in [5, 5.41) is 21.3. The van der Waals surface area contributed by atoms with Crippen molar-refractivity contribution in [3.8, 4) is 0 Å². The van der Waals surface area contributed by atoms with Crippen LogP contribution in [-0.4, -0.2) is 48.9 Å². The van der Waals surface area contributed by atoms with Gasteiger partial charge in [0.15, 0.2) is 0 Å². The Morgan fingerprint density at radius 3 is 2.75 bits per heavy atom. The van der Waals surface area contributed by atoms with E-state index in [9.17, 15) is 19.0 Å². The van der Waals surface area contributed by atoms with Gasteiger partial charge in [0.1, 0.15) is 6.23 Å². The number of aliphatic hydroxyl groups is 1. The lowest BCUT2D eigenvalue weighted by atomic mass is 10.2. The Kier molecular flexibility index (Phi) is 7.44. The van der Waals surface area contributed by atoms with Gasteiger partial charge in [-0.25, -0.2) is 0 Å². The fourth-order valence-corrected chi connectivity index (χ4v) is 4.78. The van der Waals surface area contributed by atoms with Gasteiger partial charge >= 0.3 is 5.97 Å². The van der Waals surface area contributed by atoms with Crippen molar-refractivity contribution < 1.29 is 24.1 Å². The molecule has 0 spiro atoms. The van der Waals surface area contributed by atoms with Gasteiger partial charge in [0.05, 0.1) is 13.1 Å². The highest BCUT2D eigenvalue weighted by Gasteiger charge is 2.34. The van der Waals surface area contributed by atoms with Crippen LogP contribution in [0, 0.1) is 0 Å². The number of β-amino-alcohol motifs (C(OH)–C–C–N with tert-alkyl or cyclic N) is 1. The summed E-state index contributed by atoms with van der Waals surface area (Å²) >= 11 is 1.59. The number of nitrogens with one attached hydrogen (secondary N) is 2. The number of thiophene rings is 1. The van der Waals surface area contributed by atoms with E-state index in [1.807, 2.05) is 12.1 Å². The summed E-state index contributed by atoms with van der Waals surface area (Å²) in [4.78, 5) is 12.5. The highest BCUT2D eigenvalue weighted by atomic mass is 32.3. The molecule has 2 rings (SSSR count). The molecule has 1 aromatic heterocycles. The second kappa shape index (κ2) is 9.11. The summed E-state index contributed by atoms with van der Waals surface area (Å²) in [5.41, 5.74) is 0. The molecule has 10 heteroatoms. The van der Waals surface area contributed by atoms with E-state index in [4.69, 9.17) is 5.11 Å². The summed E-state index contributed by atoms with van der Waals surface area (Å²) in [6.07, 6.45) is 1.87. The average molecular weight is 380 g/mol. The summed E-state index contributed by atoms with van der Waals surface area (Å²) < 4.78 is 23.5. The third-order valence-electron chi connectivity index (χ3n) is 3.62. The van der Waals surface area contributed by atoms with Crippen LogP contribution in [0.4, 0.5) is 0 Å². The van der Waals surface area contributed by atoms with Crippen LogP contribution < -0.4 is 10.0 Å². The van der Waals surface area contributed by atoms with E-state index in [0.29, 0.717) is 13.0 Å². The molecule has 1 unspecified atom stereocenters. The van der Waals surface area contributed by atoms with Gasteiger partial charge in [-0.15, -0.1) is 11.3 Å². The van der Waals surface area contributed by atoms with Crippen molar-refractivity contribution in [3.63, 3.8) is 0 Å². The van der Waals surface area contributed by atoms with Crippen molar-refractivity contribution in [2.45, 2.75) is 45.0 Å². The molecule has 0 aliphatic carbocycles. The molecule has 1 aliphatic heterocycles. The Balaban J connectivity index is 1.65. The Hall–Kier alpha value is -0.720. The number of hydrogen-bond donors (Lipinski definition) is 6. The molecule has 2 heterocycles. The molecular weight excluding hydrogens is 354 g/mol. The van der Waals surface area contributed by atoms with Crippen molar-refractivity contribution in [1.29, 1.82) is 0 Å². The number of aliphatic hydroxyl groups excluding tert-OH is 1. The van der Waals surface area contributed by atoms with E-state index < -0.39 is 23.2 Å². The van der Waals surface area contributed by atoms with Crippen LogP contribution in [0.15, 0.2) is 12.1 Å². The Morgan fingerprint density at radius 1 is 1.33 bits per heavy atom. The molecule has 0 aromatic carbocycles. The van der Waals surface area contributed by atoms with E-state index in [0.717, 1.165) is 35.7 Å². The lowest BCUT2D eigenvalue weighted by Crippen LogP contribution is -2.25. The first kappa shape index (κ1) is 19.6. The van der Waals surface area contributed by atoms with E-state index in [1.54, 1.807) is 11.3 Å². The lowest BCUT2D eigenvalue weighted by Gasteiger charge is -2.34. The predicted octanol–water partition coefficient (Wildman–Crippen LogP) is 1.79. The maximum absolute atomic E-state index is 10.4. The molecule has 0 amide bonds. The van der Waals surface area contributed by atoms with Crippen LogP contribution in [0.25, 0.3) is 0 Å². The van der Waals surface area contributed by atoms with Gasteiger partial charge in [-0.3, -0.25) is 13.9 Å². The molecule has 1 aromatic rings. The minimum absolute atomic E-state index is 0.185. The van der Waals surface area contributed by atoms with E-state index in [2.05, 4.69) is 10.0 Å². The fourth-order valence-electron chi connectivity index (χ4n) is 2.44. The van der Waals surface area contributed by atoms with Gasteiger partial charge in [-0.05, 0) is 31.5 Å². The zero-order chi connectivity index (χ0) is 17.6. The van der Waals surface area contributed by atoms with Crippen molar-refractivity contribution in [2.75, 3.05) is 13.1 Å². The third-order valence-corrected chi connectivity index (χ3v) is 6.28. The number of aliphatic carboxylic acids is 1. The van der Waals surface area contributed by atoms with Crippen LogP contribution in [0.2, 0.25) is 0 Å². The van der Waals surface area contributed by atoms with Gasteiger partial charge in [0, 0.05) is 22.7 Å². The molecule has 8 nitrogen and oxygen atoms in total. The molecule has 138 valence electrons. The van der Waals surface area contributed by atoms with Gasteiger partial charge in [-0.2, -0.15) is 9.03 Å². The molecule has 0 bridgehead atoms. The number of unbranched alkanes of at least 4 members (excludes halogenated alkanes) is 2. The molecule has 1 atom stereocenters. The normalized spacial score (nSPS) is 21.9. The van der Waals surface area contributed by atoms with E-state index >= 15 is 0 Å². The van der Waals surface area contributed by atoms with E-state index in [1.165, 1.54) is 4.31 Å². The predicted molar refractivity (Wildman–Crippen MR) is 94.5 cm³/mol. The first-order valence-electron chi connectivity index (χ1n) is 7.85. The Labute approximate surface area is 147 Å². The quantitative estimate of drug-likeness (QED) is 0.340. The fraction of sp³-hybridized carbons (Fsp3) is 0.643. The number of rotatable bonds is 10. The molecule has 1 aliphatic rings. The van der Waals surface area contributed by atoms with E-state index in [-0.39, 0.29) is 13.0 Å². The summed E-state index contributed by atoms with van der Waals surface area (Å²) in [7, 11) is -3.08. The highest BCUT2D eigenvalue weighted by molar-refractivity contribution is 8.20. The van der Waals surface area contributed by atoms with Gasteiger partial charge in [0.2, 0.25) is 0 Å². The third kappa shape index (κ3) is 6.30. The molecule has 0 radical (unpaired) electrons. The zero-order valence-electron chi connectivity index (χ0n) is 13.3. The minimum atomic E-state index is -3.08. The number of carbonyl (C=O) groups is 1. The van der Waals surface area contributed by atoms with Crippen molar-refractivity contribution in [3.05, 3.63) is 21.9 Å². The van der Waals surface area contributed by atoms with Gasteiger partial charge in [-0.1, -0.05) is 17.4 Å². The summed E-state index contributed by atoms with van der Waals surface area (Å²) in [5.74, 6) is -0.744. The van der Waals surface area contributed by atoms with Crippen LogP contribution in [0.5, 0.6) is 0 Å². The number of nitrogens with zero attached hydrogens (tertiary/aromatic N) is 1. The van der Waals surface area contributed by atoms with Crippen molar-refractivity contribution >= 4 is 28.3 Å². The maximum Gasteiger partial charge on any atom is 0.303 e. The number of hydrogen-bond acceptors (Lipinski definition) is 8. The first-order chi connectivity index (χ1) is 11.4. The molecule has 24 heavy (non-hydrogen) atoms. The van der Waals surface area contributed by atoms with Crippen LogP contribution in [0.1, 0.15) is 35.4 Å². The summed E-state index contributed by atoms with van der Waals surface area (Å²) in [6.45, 7) is 2.15. The first-order valence-corrected chi connectivity index (χ1v) is 10.2. The second-order valence-electron chi connectivity index (χ2n) is 5.72. The average Bonchev–Trinajstić information content (AvgIpc) is 3.02. The lowest BCUT2D eigenvalue weighted by molar-refractivity contribution is -0.137. The standard InChI is InChI=1S/C14H25N3O5S2/c18-13-10-17(24(21,22)16-13)9-12-6-5-11(23-12)8-15-7-3-1-2-4-14(19)20/h5-6,13,15-16,18,21-22H,1-4,7-10H2,(H,19,20). The Morgan fingerprint density at radius 2 is 2.08 bits per heavy atom. The minimum Gasteiger partial charge on any atom is -0.481 e. The van der Waals surface area contributed by atoms with Gasteiger partial charge < -0.3 is 15.5 Å². The van der Waals surface area contributed by atoms with Crippen molar-refractivity contribution in [1.82, 2.24) is 14.3 Å². The molecule has 0 saturated carbocycles. The SMILES string of the molecule is O=C(O)CCCCCNCc1ccc(CN2CC(O)NS2(O)O)s1. The molecule has 1 fully saturated rings. The monoisotopic (exact) mass is 379 g/mol. The van der Waals surface area contributed by atoms with Crippen LogP contribution in [0.3, 0.4) is 0 Å². The highest BCUT2D eigenvalue weighted by Crippen LogP contribution is 2.44. The zero-order valence-corrected chi connectivity index (χ0v) is 15.0.